The van der Waals surface area contributed by atoms with Gasteiger partial charge in [0, 0.05) is 13.2 Å². The van der Waals surface area contributed by atoms with E-state index in [4.69, 9.17) is 10.00 Å². The number of hydrogen-bond donors (Lipinski definition) is 1. The topological polar surface area (TPSA) is 57.9 Å². The number of ether oxygens (including phenoxy) is 1. The molecule has 1 aromatic heterocycles. The van der Waals surface area contributed by atoms with Crippen molar-refractivity contribution in [3.05, 3.63) is 23.4 Å². The van der Waals surface area contributed by atoms with Crippen molar-refractivity contribution in [3.63, 3.8) is 0 Å². The molecular weight excluding hydrogens is 271 g/mol. The highest BCUT2D eigenvalue weighted by atomic mass is 19.4. The van der Waals surface area contributed by atoms with Crippen molar-refractivity contribution in [3.8, 4) is 6.07 Å². The number of alkyl halides is 3. The summed E-state index contributed by atoms with van der Waals surface area (Å²) in [4.78, 5) is 3.43. The maximum atomic E-state index is 12.5. The van der Waals surface area contributed by atoms with Crippen molar-refractivity contribution < 1.29 is 17.9 Å². The maximum Gasteiger partial charge on any atom is 0.433 e. The van der Waals surface area contributed by atoms with E-state index in [0.717, 1.165) is 25.0 Å². The molecule has 0 bridgehead atoms. The Morgan fingerprint density at radius 3 is 2.70 bits per heavy atom. The summed E-state index contributed by atoms with van der Waals surface area (Å²) in [5, 5.41) is 11.5. The SMILES string of the molecule is CCCCOCCNc1nc(C(F)(F)F)ccc1C#N. The molecule has 0 amide bonds. The smallest absolute Gasteiger partial charge is 0.380 e. The molecule has 1 aromatic rings. The van der Waals surface area contributed by atoms with Crippen LogP contribution in [0.25, 0.3) is 0 Å². The largest absolute Gasteiger partial charge is 0.433 e. The Labute approximate surface area is 115 Å². The van der Waals surface area contributed by atoms with Crippen LogP contribution in [0.5, 0.6) is 0 Å². The van der Waals surface area contributed by atoms with Crippen molar-refractivity contribution in [2.24, 2.45) is 0 Å². The molecule has 4 nitrogen and oxygen atoms in total. The first-order valence-electron chi connectivity index (χ1n) is 6.29. The Kier molecular flexibility index (Phi) is 6.25. The summed E-state index contributed by atoms with van der Waals surface area (Å²) in [6.45, 7) is 3.29. The fourth-order valence-corrected chi connectivity index (χ4v) is 1.43. The van der Waals surface area contributed by atoms with Gasteiger partial charge in [-0.2, -0.15) is 18.4 Å². The number of hydrogen-bond acceptors (Lipinski definition) is 4. The third-order valence-electron chi connectivity index (χ3n) is 2.49. The van der Waals surface area contributed by atoms with Gasteiger partial charge in [-0.3, -0.25) is 0 Å². The highest BCUT2D eigenvalue weighted by Gasteiger charge is 2.33. The second-order valence-corrected chi connectivity index (χ2v) is 4.09. The predicted molar refractivity (Wildman–Crippen MR) is 68.2 cm³/mol. The Morgan fingerprint density at radius 1 is 1.35 bits per heavy atom. The molecule has 0 fully saturated rings. The molecular formula is C13H16F3N3O. The third kappa shape index (κ3) is 5.05. The first-order valence-corrected chi connectivity index (χ1v) is 6.29. The van der Waals surface area contributed by atoms with Crippen LogP contribution in [-0.4, -0.2) is 24.7 Å². The normalized spacial score (nSPS) is 11.2. The van der Waals surface area contributed by atoms with Gasteiger partial charge in [-0.15, -0.1) is 0 Å². The number of pyridine rings is 1. The minimum absolute atomic E-state index is 0.0681. The number of anilines is 1. The fourth-order valence-electron chi connectivity index (χ4n) is 1.43. The van der Waals surface area contributed by atoms with Crippen molar-refractivity contribution in [2.75, 3.05) is 25.1 Å². The average molecular weight is 287 g/mol. The third-order valence-corrected chi connectivity index (χ3v) is 2.49. The molecule has 0 atom stereocenters. The molecule has 1 N–H and O–H groups in total. The highest BCUT2D eigenvalue weighted by Crippen LogP contribution is 2.29. The quantitative estimate of drug-likeness (QED) is 0.782. The molecule has 0 aromatic carbocycles. The predicted octanol–water partition coefficient (Wildman–Crippen LogP) is 3.20. The molecule has 0 radical (unpaired) electrons. The number of unbranched alkanes of at least 4 members (excludes halogenated alkanes) is 1. The number of rotatable bonds is 7. The molecule has 0 aliphatic heterocycles. The van der Waals surface area contributed by atoms with Gasteiger partial charge in [0.15, 0.2) is 0 Å². The number of nitriles is 1. The molecule has 1 heterocycles. The highest BCUT2D eigenvalue weighted by molar-refractivity contribution is 5.52. The van der Waals surface area contributed by atoms with Crippen LogP contribution in [0.3, 0.4) is 0 Å². The first-order chi connectivity index (χ1) is 9.49. The molecule has 20 heavy (non-hydrogen) atoms. The van der Waals surface area contributed by atoms with E-state index in [9.17, 15) is 13.2 Å². The van der Waals surface area contributed by atoms with Gasteiger partial charge in [-0.05, 0) is 18.6 Å². The zero-order chi connectivity index (χ0) is 15.0. The summed E-state index contributed by atoms with van der Waals surface area (Å²) in [5.41, 5.74) is -0.947. The zero-order valence-electron chi connectivity index (χ0n) is 11.1. The maximum absolute atomic E-state index is 12.5. The first kappa shape index (κ1) is 16.2. The van der Waals surface area contributed by atoms with Gasteiger partial charge in [0.2, 0.25) is 0 Å². The second kappa shape index (κ2) is 7.70. The lowest BCUT2D eigenvalue weighted by Gasteiger charge is -2.11. The van der Waals surface area contributed by atoms with E-state index in [-0.39, 0.29) is 11.4 Å². The molecule has 0 aliphatic carbocycles. The molecule has 0 aliphatic rings. The van der Waals surface area contributed by atoms with Crippen molar-refractivity contribution in [1.82, 2.24) is 4.98 Å². The van der Waals surface area contributed by atoms with E-state index in [1.807, 2.05) is 6.92 Å². The lowest BCUT2D eigenvalue weighted by Crippen LogP contribution is -2.15. The summed E-state index contributed by atoms with van der Waals surface area (Å²) in [7, 11) is 0. The lowest BCUT2D eigenvalue weighted by atomic mass is 10.2. The molecule has 7 heteroatoms. The molecule has 0 saturated carbocycles. The standard InChI is InChI=1S/C13H16F3N3O/c1-2-3-7-20-8-6-18-12-10(9-17)4-5-11(19-12)13(14,15)16/h4-5H,2-3,6-8H2,1H3,(H,18,19). The van der Waals surface area contributed by atoms with E-state index in [1.165, 1.54) is 0 Å². The van der Waals surface area contributed by atoms with E-state index in [1.54, 1.807) is 6.07 Å². The van der Waals surface area contributed by atoms with Crippen LogP contribution in [0, 0.1) is 11.3 Å². The molecule has 110 valence electrons. The van der Waals surface area contributed by atoms with E-state index >= 15 is 0 Å². The average Bonchev–Trinajstić information content (AvgIpc) is 2.41. The van der Waals surface area contributed by atoms with Crippen LogP contribution >= 0.6 is 0 Å². The van der Waals surface area contributed by atoms with Crippen LogP contribution < -0.4 is 5.32 Å². The molecule has 0 spiro atoms. The van der Waals surface area contributed by atoms with Crippen LogP contribution in [0.15, 0.2) is 12.1 Å². The Hall–Kier alpha value is -1.81. The Bertz CT molecular complexity index is 469. The van der Waals surface area contributed by atoms with Gasteiger partial charge in [0.05, 0.1) is 12.2 Å². The summed E-state index contributed by atoms with van der Waals surface area (Å²) in [6.07, 6.45) is -2.57. The van der Waals surface area contributed by atoms with Crippen molar-refractivity contribution in [2.45, 2.75) is 25.9 Å². The molecule has 0 unspecified atom stereocenters. The van der Waals surface area contributed by atoms with Crippen LogP contribution in [0.1, 0.15) is 31.0 Å². The summed E-state index contributed by atoms with van der Waals surface area (Å²) >= 11 is 0. The molecule has 0 saturated heterocycles. The summed E-state index contributed by atoms with van der Waals surface area (Å²) < 4.78 is 42.9. The number of nitrogens with zero attached hydrogens (tertiary/aromatic N) is 2. The van der Waals surface area contributed by atoms with Crippen molar-refractivity contribution >= 4 is 5.82 Å². The van der Waals surface area contributed by atoms with Gasteiger partial charge in [0.1, 0.15) is 17.6 Å². The monoisotopic (exact) mass is 287 g/mol. The summed E-state index contributed by atoms with van der Waals surface area (Å²) in [6, 6.07) is 3.70. The summed E-state index contributed by atoms with van der Waals surface area (Å²) in [5.74, 6) is -0.0681. The lowest BCUT2D eigenvalue weighted by molar-refractivity contribution is -0.141. The zero-order valence-corrected chi connectivity index (χ0v) is 11.1. The number of halogens is 3. The molecule has 1 rings (SSSR count). The second-order valence-electron chi connectivity index (χ2n) is 4.09. The van der Waals surface area contributed by atoms with Crippen LogP contribution in [0.4, 0.5) is 19.0 Å². The Morgan fingerprint density at radius 2 is 2.10 bits per heavy atom. The van der Waals surface area contributed by atoms with E-state index < -0.39 is 11.9 Å². The van der Waals surface area contributed by atoms with E-state index in [0.29, 0.717) is 19.8 Å². The van der Waals surface area contributed by atoms with Gasteiger partial charge in [0.25, 0.3) is 0 Å². The minimum Gasteiger partial charge on any atom is -0.380 e. The van der Waals surface area contributed by atoms with Crippen LogP contribution in [-0.2, 0) is 10.9 Å². The number of aromatic nitrogens is 1. The number of nitrogens with one attached hydrogen (secondary N) is 1. The van der Waals surface area contributed by atoms with Crippen molar-refractivity contribution in [1.29, 1.82) is 5.26 Å². The Balaban J connectivity index is 2.61. The van der Waals surface area contributed by atoms with Gasteiger partial charge in [-0.1, -0.05) is 13.3 Å². The van der Waals surface area contributed by atoms with Gasteiger partial charge in [-0.25, -0.2) is 4.98 Å². The van der Waals surface area contributed by atoms with Crippen LogP contribution in [0.2, 0.25) is 0 Å². The minimum atomic E-state index is -4.53. The fraction of sp³-hybridized carbons (Fsp3) is 0.538. The van der Waals surface area contributed by atoms with Gasteiger partial charge >= 0.3 is 6.18 Å². The van der Waals surface area contributed by atoms with E-state index in [2.05, 4.69) is 10.3 Å². The van der Waals surface area contributed by atoms with Gasteiger partial charge < -0.3 is 10.1 Å².